The number of hydrogen-bond acceptors (Lipinski definition) is 11. The van der Waals surface area contributed by atoms with Crippen molar-refractivity contribution in [1.29, 1.82) is 0 Å². The van der Waals surface area contributed by atoms with Gasteiger partial charge in [-0.25, -0.2) is 14.6 Å². The molecular formula is C58H78N2O10Si. The van der Waals surface area contributed by atoms with Gasteiger partial charge in [-0.1, -0.05) is 126 Å². The maximum absolute atomic E-state index is 13.8. The zero-order valence-corrected chi connectivity index (χ0v) is 44.9. The lowest BCUT2D eigenvalue weighted by molar-refractivity contribution is -0.180. The number of rotatable bonds is 6. The van der Waals surface area contributed by atoms with E-state index in [-0.39, 0.29) is 53.5 Å². The Bertz CT molecular complexity index is 2380. The monoisotopic (exact) mass is 991 g/mol. The maximum atomic E-state index is 13.8. The molecular weight excluding hydrogens is 913 g/mol. The molecule has 8 bridgehead atoms. The van der Waals surface area contributed by atoms with Crippen LogP contribution in [0, 0.1) is 11.8 Å². The van der Waals surface area contributed by atoms with Crippen LogP contribution in [0.2, 0.25) is 5.04 Å². The normalized spacial score (nSPS) is 32.0. The number of oxazole rings is 1. The summed E-state index contributed by atoms with van der Waals surface area (Å²) in [5, 5.41) is 2.26. The van der Waals surface area contributed by atoms with Gasteiger partial charge in [0, 0.05) is 30.8 Å². The molecule has 4 fully saturated rings. The van der Waals surface area contributed by atoms with E-state index in [0.717, 1.165) is 23.3 Å². The lowest BCUT2D eigenvalue weighted by Gasteiger charge is -2.47. The molecule has 6 heterocycles. The number of esters is 1. The predicted octanol–water partition coefficient (Wildman–Crippen LogP) is 11.0. The van der Waals surface area contributed by atoms with Crippen molar-refractivity contribution >= 4 is 36.8 Å². The Morgan fingerprint density at radius 1 is 0.845 bits per heavy atom. The molecule has 1 aromatic heterocycles. The molecule has 384 valence electrons. The number of benzene rings is 2. The fourth-order valence-corrected chi connectivity index (χ4v) is 16.4. The number of nitrogens with zero attached hydrogens (tertiary/aromatic N) is 2. The minimum absolute atomic E-state index is 0.129. The van der Waals surface area contributed by atoms with E-state index in [1.54, 1.807) is 11.2 Å². The molecule has 11 atom stereocenters. The molecule has 2 aromatic carbocycles. The molecule has 0 aliphatic carbocycles. The van der Waals surface area contributed by atoms with E-state index < -0.39 is 50.0 Å². The van der Waals surface area contributed by atoms with Gasteiger partial charge in [0.2, 0.25) is 5.89 Å². The van der Waals surface area contributed by atoms with Crippen molar-refractivity contribution in [2.45, 2.75) is 192 Å². The molecule has 5 aliphatic heterocycles. The predicted molar refractivity (Wildman–Crippen MR) is 277 cm³/mol. The van der Waals surface area contributed by atoms with Gasteiger partial charge in [0.05, 0.1) is 49.3 Å². The zero-order valence-electron chi connectivity index (χ0n) is 43.9. The second-order valence-corrected chi connectivity index (χ2v) is 27.3. The molecule has 1 amide bonds. The second-order valence-electron chi connectivity index (χ2n) is 23.1. The van der Waals surface area contributed by atoms with Crippen LogP contribution in [0.1, 0.15) is 139 Å². The highest BCUT2D eigenvalue weighted by molar-refractivity contribution is 6.99. The van der Waals surface area contributed by atoms with Gasteiger partial charge >= 0.3 is 12.1 Å². The number of carbonyl (C=O) groups is 2. The molecule has 0 radical (unpaired) electrons. The van der Waals surface area contributed by atoms with Gasteiger partial charge < -0.3 is 37.3 Å². The highest BCUT2D eigenvalue weighted by Gasteiger charge is 2.53. The lowest BCUT2D eigenvalue weighted by atomic mass is 9.79. The van der Waals surface area contributed by atoms with E-state index in [9.17, 15) is 9.59 Å². The molecule has 12 nitrogen and oxygen atoms in total. The van der Waals surface area contributed by atoms with Crippen molar-refractivity contribution in [3.8, 4) is 0 Å². The summed E-state index contributed by atoms with van der Waals surface area (Å²) in [4.78, 5) is 34.0. The topological polar surface area (TPSA) is 128 Å². The van der Waals surface area contributed by atoms with Gasteiger partial charge in [-0.2, -0.15) is 0 Å². The molecule has 4 saturated heterocycles. The van der Waals surface area contributed by atoms with Crippen LogP contribution in [0.15, 0.2) is 113 Å². The first kappa shape index (κ1) is 52.7. The van der Waals surface area contributed by atoms with E-state index in [1.807, 2.05) is 65.8 Å². The first-order valence-electron chi connectivity index (χ1n) is 25.9. The molecule has 8 rings (SSSR count). The number of hydrogen-bond donors (Lipinski definition) is 0. The third-order valence-corrected chi connectivity index (χ3v) is 20.0. The van der Waals surface area contributed by atoms with E-state index in [0.29, 0.717) is 51.0 Å². The molecule has 0 N–H and O–H groups in total. The van der Waals surface area contributed by atoms with Crippen LogP contribution in [0.25, 0.3) is 6.08 Å². The number of aromatic nitrogens is 1. The largest absolute Gasteiger partial charge is 0.458 e. The molecule has 5 aliphatic rings. The quantitative estimate of drug-likeness (QED) is 0.133. The van der Waals surface area contributed by atoms with Gasteiger partial charge in [-0.05, 0) is 101 Å². The Balaban J connectivity index is 1.10. The van der Waals surface area contributed by atoms with Crippen molar-refractivity contribution in [2.75, 3.05) is 6.61 Å². The lowest BCUT2D eigenvalue weighted by Crippen LogP contribution is -2.68. The van der Waals surface area contributed by atoms with Crippen LogP contribution in [0.3, 0.4) is 0 Å². The van der Waals surface area contributed by atoms with E-state index in [4.69, 9.17) is 42.2 Å². The fourth-order valence-electron chi connectivity index (χ4n) is 11.7. The minimum atomic E-state index is -2.92. The summed E-state index contributed by atoms with van der Waals surface area (Å²) in [5.74, 6) is -0.331. The van der Waals surface area contributed by atoms with Crippen molar-refractivity contribution in [3.63, 3.8) is 0 Å². The van der Waals surface area contributed by atoms with Gasteiger partial charge in [0.15, 0.2) is 0 Å². The number of ether oxygens (including phenoxy) is 6. The zero-order chi connectivity index (χ0) is 50.9. The molecule has 0 saturated carbocycles. The highest BCUT2D eigenvalue weighted by atomic mass is 28.4. The average Bonchev–Trinajstić information content (AvgIpc) is 3.89. The van der Waals surface area contributed by atoms with Gasteiger partial charge in [0.25, 0.3) is 8.32 Å². The van der Waals surface area contributed by atoms with E-state index >= 15 is 0 Å². The average molecular weight is 991 g/mol. The maximum Gasteiger partial charge on any atom is 0.413 e. The summed E-state index contributed by atoms with van der Waals surface area (Å²) in [6.07, 6.45) is 12.8. The van der Waals surface area contributed by atoms with Crippen LogP contribution in [-0.4, -0.2) is 97.0 Å². The molecule has 0 spiro atoms. The van der Waals surface area contributed by atoms with Crippen molar-refractivity contribution in [1.82, 2.24) is 9.88 Å². The minimum Gasteiger partial charge on any atom is -0.458 e. The van der Waals surface area contributed by atoms with Crippen LogP contribution in [-0.2, 0) is 37.6 Å². The Labute approximate surface area is 423 Å². The van der Waals surface area contributed by atoms with E-state index in [1.165, 1.54) is 16.4 Å². The molecule has 0 unspecified atom stereocenters. The Kier molecular flexibility index (Phi) is 15.9. The van der Waals surface area contributed by atoms with Crippen LogP contribution < -0.4 is 10.4 Å². The third-order valence-electron chi connectivity index (χ3n) is 14.9. The van der Waals surface area contributed by atoms with Crippen molar-refractivity contribution < 1.29 is 46.9 Å². The van der Waals surface area contributed by atoms with Gasteiger partial charge in [-0.3, -0.25) is 4.90 Å². The summed E-state index contributed by atoms with van der Waals surface area (Å²) in [5.41, 5.74) is 1.19. The Morgan fingerprint density at radius 3 is 2.17 bits per heavy atom. The highest BCUT2D eigenvalue weighted by Crippen LogP contribution is 2.44. The molecule has 3 aromatic rings. The smallest absolute Gasteiger partial charge is 0.413 e. The Hall–Kier alpha value is -4.63. The summed E-state index contributed by atoms with van der Waals surface area (Å²) in [6.45, 7) is 27.1. The number of carbonyl (C=O) groups excluding carboxylic acids is 2. The van der Waals surface area contributed by atoms with Crippen molar-refractivity contribution in [2.24, 2.45) is 11.8 Å². The first-order chi connectivity index (χ1) is 33.6. The third kappa shape index (κ3) is 12.1. The number of amides is 1. The molecule has 71 heavy (non-hydrogen) atoms. The fraction of sp³-hybridized carbons (Fsp3) is 0.569. The van der Waals surface area contributed by atoms with Crippen LogP contribution in [0.4, 0.5) is 4.79 Å². The van der Waals surface area contributed by atoms with E-state index in [2.05, 4.69) is 102 Å². The summed E-state index contributed by atoms with van der Waals surface area (Å²) >= 11 is 0. The SMILES string of the molecule is C=C1C[C@@H]2C[C@@H]3C[C@@H](O[Si](c4ccccc4)(c4ccccc4)C(C)(C)C)C[C@@H](O3)c3coc(n3)/C=C/C[C@H]3O[C@@H](/C(C)=C/[C@@H]4COC(C)(C)N4C(=O)OC(C)(C)C)[C@H](C)[C@@H](OC(=O)/C=C\C[C@@H](C1)O2)[C@H]3C. The van der Waals surface area contributed by atoms with Crippen LogP contribution in [0.5, 0.6) is 0 Å². The molecule has 13 heteroatoms. The number of fused-ring (bicyclic) bond motifs is 9. The summed E-state index contributed by atoms with van der Waals surface area (Å²) in [6, 6.07) is 21.2. The van der Waals surface area contributed by atoms with Gasteiger partial charge in [0.1, 0.15) is 35.5 Å². The standard InChI is InChI=1S/C58H78N2O10Si/c1-37-29-42-21-19-28-52(61)68-54-39(3)49(67-53(40(54)4)38(2)31-41-35-64-58(11,12)60(41)55(62)69-56(5,6)7)26-20-27-51-59-48(36-63-51)50-34-45(33-44(66-50)32-43(30-37)65-42)70-71(57(8,9)10,46-22-15-13-16-23-46)47-24-17-14-18-25-47/h13-20,22-25,27-28,31,36,39-45,49-50,53-54H,1,21,26,29-30,32-35H2,2-12H3/b27-20+,28-19-,38-31+/t39-,40-,41+,42-,43+,44+,45+,49+,50+,53-,54-/m0/s1. The summed E-state index contributed by atoms with van der Waals surface area (Å²) < 4.78 is 53.1. The second kappa shape index (κ2) is 21.4. The van der Waals surface area contributed by atoms with Gasteiger partial charge in [-0.15, -0.1) is 0 Å². The first-order valence-corrected chi connectivity index (χ1v) is 27.8. The summed E-state index contributed by atoms with van der Waals surface area (Å²) in [7, 11) is -2.92. The van der Waals surface area contributed by atoms with Crippen molar-refractivity contribution in [3.05, 3.63) is 121 Å². The Morgan fingerprint density at radius 2 is 1.51 bits per heavy atom. The van der Waals surface area contributed by atoms with Crippen LogP contribution >= 0.6 is 0 Å².